The number of hydrogen-bond acceptors (Lipinski definition) is 5. The van der Waals surface area contributed by atoms with E-state index in [-0.39, 0.29) is 12.5 Å². The average molecular weight is 257 g/mol. The maximum Gasteiger partial charge on any atom is 0.303 e. The minimum atomic E-state index is -3.92. The molecule has 0 aromatic carbocycles. The molecule has 0 amide bonds. The largest absolute Gasteiger partial charge is 0.481 e. The van der Waals surface area contributed by atoms with Crippen LogP contribution in [0.4, 0.5) is 0 Å². The lowest BCUT2D eigenvalue weighted by molar-refractivity contribution is -0.137. The molecule has 0 aliphatic heterocycles. The Morgan fingerprint density at radius 3 is 2.12 bits per heavy atom. The molecule has 0 bridgehead atoms. The van der Waals surface area contributed by atoms with Gasteiger partial charge in [0.15, 0.2) is 0 Å². The summed E-state index contributed by atoms with van der Waals surface area (Å²) in [5.74, 6) is -1.32. The van der Waals surface area contributed by atoms with Crippen molar-refractivity contribution in [2.24, 2.45) is 5.73 Å². The van der Waals surface area contributed by atoms with Gasteiger partial charge in [-0.25, -0.2) is 0 Å². The number of aliphatic carboxylic acids is 1. The fourth-order valence-electron chi connectivity index (χ4n) is 0.691. The van der Waals surface area contributed by atoms with Crippen molar-refractivity contribution in [3.05, 3.63) is 0 Å². The summed E-state index contributed by atoms with van der Waals surface area (Å²) in [5, 5.41) is 16.0. The quantitative estimate of drug-likeness (QED) is 0.468. The fourth-order valence-corrected chi connectivity index (χ4v) is 0.921. The van der Waals surface area contributed by atoms with E-state index in [1.54, 1.807) is 0 Å². The predicted molar refractivity (Wildman–Crippen MR) is 58.6 cm³/mol. The molecule has 1 unspecified atom stereocenters. The highest BCUT2D eigenvalue weighted by atomic mass is 32.2. The molecule has 0 aliphatic rings. The first-order chi connectivity index (χ1) is 7.19. The summed E-state index contributed by atoms with van der Waals surface area (Å²) >= 11 is 0. The van der Waals surface area contributed by atoms with Crippen LogP contribution in [0, 0.1) is 0 Å². The van der Waals surface area contributed by atoms with Crippen LogP contribution in [0.5, 0.6) is 0 Å². The summed E-state index contributed by atoms with van der Waals surface area (Å²) in [6.45, 7) is 1.35. The van der Waals surface area contributed by atoms with Crippen molar-refractivity contribution in [2.45, 2.75) is 32.2 Å². The SMILES string of the molecule is CC(N)CCCC(=O)O.O=S(=O)(O)CCO. The number of aliphatic hydroxyl groups is 1. The van der Waals surface area contributed by atoms with Crippen LogP contribution in [-0.2, 0) is 14.9 Å². The molecule has 0 saturated heterocycles. The van der Waals surface area contributed by atoms with Crippen molar-refractivity contribution >= 4 is 16.1 Å². The first-order valence-corrected chi connectivity index (χ1v) is 6.33. The smallest absolute Gasteiger partial charge is 0.303 e. The van der Waals surface area contributed by atoms with E-state index in [1.165, 1.54) is 0 Å². The van der Waals surface area contributed by atoms with Crippen LogP contribution in [0.1, 0.15) is 26.2 Å². The van der Waals surface area contributed by atoms with E-state index in [9.17, 15) is 13.2 Å². The van der Waals surface area contributed by atoms with E-state index in [0.717, 1.165) is 6.42 Å². The zero-order chi connectivity index (χ0) is 13.2. The van der Waals surface area contributed by atoms with Gasteiger partial charge in [-0.1, -0.05) is 0 Å². The molecule has 98 valence electrons. The van der Waals surface area contributed by atoms with Gasteiger partial charge in [0.2, 0.25) is 0 Å². The van der Waals surface area contributed by atoms with Crippen molar-refractivity contribution < 1.29 is 28.0 Å². The first kappa shape index (κ1) is 17.7. The van der Waals surface area contributed by atoms with Gasteiger partial charge >= 0.3 is 5.97 Å². The van der Waals surface area contributed by atoms with Gasteiger partial charge in [0.25, 0.3) is 10.1 Å². The van der Waals surface area contributed by atoms with Crippen LogP contribution in [-0.4, -0.2) is 47.6 Å². The second kappa shape index (κ2) is 9.52. The summed E-state index contributed by atoms with van der Waals surface area (Å²) in [7, 11) is -3.92. The molecule has 0 heterocycles. The number of rotatable bonds is 6. The van der Waals surface area contributed by atoms with Crippen LogP contribution < -0.4 is 5.73 Å². The van der Waals surface area contributed by atoms with Crippen molar-refractivity contribution in [1.29, 1.82) is 0 Å². The van der Waals surface area contributed by atoms with Crippen molar-refractivity contribution in [2.75, 3.05) is 12.4 Å². The molecule has 5 N–H and O–H groups in total. The number of carboxylic acids is 1. The van der Waals surface area contributed by atoms with Gasteiger partial charge in [0.1, 0.15) is 0 Å². The highest BCUT2D eigenvalue weighted by Gasteiger charge is 1.99. The summed E-state index contributed by atoms with van der Waals surface area (Å²) in [6, 6.07) is 0.129. The van der Waals surface area contributed by atoms with Gasteiger partial charge in [0.05, 0.1) is 12.4 Å². The third-order valence-electron chi connectivity index (χ3n) is 1.40. The molecule has 0 saturated carbocycles. The molecule has 0 radical (unpaired) electrons. The van der Waals surface area contributed by atoms with E-state index in [0.29, 0.717) is 6.42 Å². The summed E-state index contributed by atoms with van der Waals surface area (Å²) < 4.78 is 27.1. The fraction of sp³-hybridized carbons (Fsp3) is 0.875. The van der Waals surface area contributed by atoms with E-state index >= 15 is 0 Å². The molecule has 0 aromatic heterocycles. The zero-order valence-corrected chi connectivity index (χ0v) is 9.98. The third kappa shape index (κ3) is 23.3. The Bertz CT molecular complexity index is 274. The number of aliphatic hydroxyl groups excluding tert-OH is 1. The van der Waals surface area contributed by atoms with Crippen LogP contribution in [0.25, 0.3) is 0 Å². The number of nitrogens with two attached hydrogens (primary N) is 1. The predicted octanol–water partition coefficient (Wildman–Crippen LogP) is -0.545. The topological polar surface area (TPSA) is 138 Å². The maximum atomic E-state index is 9.94. The molecule has 0 aliphatic carbocycles. The second-order valence-corrected chi connectivity index (χ2v) is 4.84. The standard InChI is InChI=1S/C6H13NO2.C2H6O4S/c1-5(7)3-2-4-6(8)9;3-1-2-7(4,5)6/h5H,2-4,7H2,1H3,(H,8,9);3H,1-2H2,(H,4,5,6). The number of hydrogen-bond donors (Lipinski definition) is 4. The van der Waals surface area contributed by atoms with Gasteiger partial charge in [-0.05, 0) is 19.8 Å². The normalized spacial score (nSPS) is 12.5. The van der Waals surface area contributed by atoms with Crippen LogP contribution >= 0.6 is 0 Å². The molecule has 8 heteroatoms. The molecular weight excluding hydrogens is 238 g/mol. The number of carbonyl (C=O) groups is 1. The lowest BCUT2D eigenvalue weighted by atomic mass is 10.1. The monoisotopic (exact) mass is 257 g/mol. The highest BCUT2D eigenvalue weighted by Crippen LogP contribution is 1.97. The molecule has 0 fully saturated rings. The summed E-state index contributed by atoms with van der Waals surface area (Å²) in [4.78, 5) is 9.94. The van der Waals surface area contributed by atoms with Gasteiger partial charge in [-0.2, -0.15) is 8.42 Å². The van der Waals surface area contributed by atoms with Gasteiger partial charge < -0.3 is 15.9 Å². The van der Waals surface area contributed by atoms with Crippen molar-refractivity contribution in [1.82, 2.24) is 0 Å². The minimum Gasteiger partial charge on any atom is -0.481 e. The lowest BCUT2D eigenvalue weighted by Crippen LogP contribution is -2.14. The second-order valence-electron chi connectivity index (χ2n) is 3.27. The Labute approximate surface area is 95.0 Å². The van der Waals surface area contributed by atoms with Gasteiger partial charge in [-0.15, -0.1) is 0 Å². The van der Waals surface area contributed by atoms with Crippen LogP contribution in [0.2, 0.25) is 0 Å². The van der Waals surface area contributed by atoms with E-state index in [4.69, 9.17) is 20.5 Å². The van der Waals surface area contributed by atoms with Gasteiger partial charge in [0, 0.05) is 12.5 Å². The molecule has 0 rings (SSSR count). The minimum absolute atomic E-state index is 0.129. The number of carboxylic acid groups (broad SMARTS) is 1. The van der Waals surface area contributed by atoms with Crippen molar-refractivity contribution in [3.8, 4) is 0 Å². The molecule has 0 aromatic rings. The molecule has 0 spiro atoms. The summed E-state index contributed by atoms with van der Waals surface area (Å²) in [6.07, 6.45) is 1.72. The molecule has 7 nitrogen and oxygen atoms in total. The molecule has 1 atom stereocenters. The Balaban J connectivity index is 0. The lowest BCUT2D eigenvalue weighted by Gasteiger charge is -2.00. The Morgan fingerprint density at radius 2 is 1.94 bits per heavy atom. The average Bonchev–Trinajstić information content (AvgIpc) is 2.00. The Morgan fingerprint density at radius 1 is 1.44 bits per heavy atom. The summed E-state index contributed by atoms with van der Waals surface area (Å²) in [5.41, 5.74) is 5.39. The van der Waals surface area contributed by atoms with E-state index in [2.05, 4.69) is 0 Å². The molecular formula is C8H19NO6S. The zero-order valence-electron chi connectivity index (χ0n) is 9.16. The Hall–Kier alpha value is -0.700. The van der Waals surface area contributed by atoms with E-state index < -0.39 is 28.4 Å². The van der Waals surface area contributed by atoms with Gasteiger partial charge in [-0.3, -0.25) is 9.35 Å². The van der Waals surface area contributed by atoms with Crippen LogP contribution in [0.3, 0.4) is 0 Å². The maximum absolute atomic E-state index is 9.94. The molecule has 16 heavy (non-hydrogen) atoms. The van der Waals surface area contributed by atoms with E-state index in [1.807, 2.05) is 6.92 Å². The van der Waals surface area contributed by atoms with Crippen LogP contribution in [0.15, 0.2) is 0 Å². The Kier molecular flexibility index (Phi) is 10.5. The van der Waals surface area contributed by atoms with Crippen molar-refractivity contribution in [3.63, 3.8) is 0 Å². The third-order valence-corrected chi connectivity index (χ3v) is 2.10. The highest BCUT2D eigenvalue weighted by molar-refractivity contribution is 7.85. The first-order valence-electron chi connectivity index (χ1n) is 4.72.